The monoisotopic (exact) mass is 388 g/mol. The highest BCUT2D eigenvalue weighted by Gasteiger charge is 2.09. The van der Waals surface area contributed by atoms with Gasteiger partial charge in [0, 0.05) is 11.1 Å². The van der Waals surface area contributed by atoms with Crippen molar-refractivity contribution in [2.24, 2.45) is 0 Å². The molecule has 0 saturated carbocycles. The van der Waals surface area contributed by atoms with Crippen LogP contribution in [0.2, 0.25) is 5.02 Å². The zero-order chi connectivity index (χ0) is 19.1. The molecule has 26 heavy (non-hydrogen) atoms. The lowest BCUT2D eigenvalue weighted by Crippen LogP contribution is -2.32. The van der Waals surface area contributed by atoms with Crippen molar-refractivity contribution in [2.75, 3.05) is 5.32 Å². The SMILES string of the molecule is CCC(C)c1ccc(O)c(NC(=S)NC(=O)/C=C/c2ccc(Cl)cc2)c1. The van der Waals surface area contributed by atoms with E-state index in [4.69, 9.17) is 23.8 Å². The summed E-state index contributed by atoms with van der Waals surface area (Å²) in [4.78, 5) is 12.0. The molecule has 2 rings (SSSR count). The van der Waals surface area contributed by atoms with Crippen molar-refractivity contribution < 1.29 is 9.90 Å². The van der Waals surface area contributed by atoms with E-state index in [0.717, 1.165) is 17.5 Å². The Morgan fingerprint density at radius 2 is 1.96 bits per heavy atom. The van der Waals surface area contributed by atoms with Crippen molar-refractivity contribution in [1.29, 1.82) is 0 Å². The van der Waals surface area contributed by atoms with Gasteiger partial charge in [0.25, 0.3) is 0 Å². The molecule has 0 aliphatic rings. The summed E-state index contributed by atoms with van der Waals surface area (Å²) < 4.78 is 0. The Morgan fingerprint density at radius 1 is 1.27 bits per heavy atom. The molecule has 0 aromatic heterocycles. The fraction of sp³-hybridized carbons (Fsp3) is 0.200. The number of hydrogen-bond donors (Lipinski definition) is 3. The summed E-state index contributed by atoms with van der Waals surface area (Å²) in [5, 5.41) is 16.2. The summed E-state index contributed by atoms with van der Waals surface area (Å²) in [6.07, 6.45) is 4.03. The van der Waals surface area contributed by atoms with E-state index < -0.39 is 0 Å². The van der Waals surface area contributed by atoms with Gasteiger partial charge in [-0.25, -0.2) is 0 Å². The van der Waals surface area contributed by atoms with Gasteiger partial charge in [-0.15, -0.1) is 0 Å². The van der Waals surface area contributed by atoms with Crippen LogP contribution >= 0.6 is 23.8 Å². The second kappa shape index (κ2) is 9.36. The summed E-state index contributed by atoms with van der Waals surface area (Å²) in [6, 6.07) is 12.4. The molecule has 1 atom stereocenters. The Morgan fingerprint density at radius 3 is 2.62 bits per heavy atom. The Bertz CT molecular complexity index is 819. The summed E-state index contributed by atoms with van der Waals surface area (Å²) in [7, 11) is 0. The maximum Gasteiger partial charge on any atom is 0.250 e. The fourth-order valence-electron chi connectivity index (χ4n) is 2.25. The molecule has 1 amide bonds. The molecular formula is C20H21ClN2O2S. The number of thiocarbonyl (C=S) groups is 1. The second-order valence-corrected chi connectivity index (χ2v) is 6.76. The van der Waals surface area contributed by atoms with Crippen LogP contribution in [0.25, 0.3) is 6.08 Å². The lowest BCUT2D eigenvalue weighted by atomic mass is 9.98. The Labute approximate surface area is 163 Å². The number of anilines is 1. The van der Waals surface area contributed by atoms with Crippen LogP contribution in [-0.2, 0) is 4.79 Å². The first kappa shape index (κ1) is 19.9. The average molecular weight is 389 g/mol. The van der Waals surface area contributed by atoms with Gasteiger partial charge in [0.15, 0.2) is 5.11 Å². The molecule has 1 unspecified atom stereocenters. The van der Waals surface area contributed by atoms with E-state index in [9.17, 15) is 9.90 Å². The summed E-state index contributed by atoms with van der Waals surface area (Å²) in [5.74, 6) is 0.0713. The van der Waals surface area contributed by atoms with Crippen molar-refractivity contribution in [1.82, 2.24) is 5.32 Å². The van der Waals surface area contributed by atoms with Gasteiger partial charge in [-0.3, -0.25) is 10.1 Å². The molecule has 0 bridgehead atoms. The van der Waals surface area contributed by atoms with Gasteiger partial charge in [-0.1, -0.05) is 43.6 Å². The normalized spacial score (nSPS) is 12.0. The van der Waals surface area contributed by atoms with Gasteiger partial charge in [0.2, 0.25) is 5.91 Å². The van der Waals surface area contributed by atoms with Crippen molar-refractivity contribution in [3.63, 3.8) is 0 Å². The predicted octanol–water partition coefficient (Wildman–Crippen LogP) is 5.09. The van der Waals surface area contributed by atoms with Gasteiger partial charge < -0.3 is 10.4 Å². The molecule has 0 aliphatic heterocycles. The number of amides is 1. The van der Waals surface area contributed by atoms with Crippen LogP contribution in [0.4, 0.5) is 5.69 Å². The molecule has 0 spiro atoms. The number of carbonyl (C=O) groups excluding carboxylic acids is 1. The van der Waals surface area contributed by atoms with Crippen LogP contribution in [0.15, 0.2) is 48.5 Å². The van der Waals surface area contributed by atoms with Crippen LogP contribution < -0.4 is 10.6 Å². The van der Waals surface area contributed by atoms with Gasteiger partial charge >= 0.3 is 0 Å². The molecule has 2 aromatic carbocycles. The third-order valence-corrected chi connectivity index (χ3v) is 4.44. The molecule has 0 saturated heterocycles. The average Bonchev–Trinajstić information content (AvgIpc) is 2.62. The molecule has 0 radical (unpaired) electrons. The number of phenolic OH excluding ortho intramolecular Hbond substituents is 1. The zero-order valence-corrected chi connectivity index (χ0v) is 16.2. The van der Waals surface area contributed by atoms with Gasteiger partial charge in [0.1, 0.15) is 5.75 Å². The number of aromatic hydroxyl groups is 1. The van der Waals surface area contributed by atoms with Crippen LogP contribution in [0.1, 0.15) is 37.3 Å². The molecule has 136 valence electrons. The maximum atomic E-state index is 12.0. The van der Waals surface area contributed by atoms with Crippen LogP contribution in [0, 0.1) is 0 Å². The van der Waals surface area contributed by atoms with Crippen LogP contribution in [0.5, 0.6) is 5.75 Å². The minimum atomic E-state index is -0.366. The topological polar surface area (TPSA) is 61.4 Å². The fourth-order valence-corrected chi connectivity index (χ4v) is 2.59. The van der Waals surface area contributed by atoms with E-state index in [2.05, 4.69) is 24.5 Å². The predicted molar refractivity (Wildman–Crippen MR) is 112 cm³/mol. The third-order valence-electron chi connectivity index (χ3n) is 3.98. The minimum Gasteiger partial charge on any atom is -0.506 e. The van der Waals surface area contributed by atoms with Crippen molar-refractivity contribution in [3.05, 3.63) is 64.7 Å². The van der Waals surface area contributed by atoms with Crippen molar-refractivity contribution in [2.45, 2.75) is 26.2 Å². The molecule has 2 aromatic rings. The minimum absolute atomic E-state index is 0.0744. The smallest absolute Gasteiger partial charge is 0.250 e. The van der Waals surface area contributed by atoms with Crippen molar-refractivity contribution in [3.8, 4) is 5.75 Å². The number of nitrogens with one attached hydrogen (secondary N) is 2. The van der Waals surface area contributed by atoms with Gasteiger partial charge in [-0.05, 0) is 66.0 Å². The first-order chi connectivity index (χ1) is 12.4. The van der Waals surface area contributed by atoms with E-state index in [1.807, 2.05) is 12.1 Å². The van der Waals surface area contributed by atoms with Gasteiger partial charge in [0.05, 0.1) is 5.69 Å². The number of halogens is 1. The molecule has 6 heteroatoms. The Hall–Kier alpha value is -2.37. The number of rotatable bonds is 5. The lowest BCUT2D eigenvalue weighted by Gasteiger charge is -2.14. The highest BCUT2D eigenvalue weighted by atomic mass is 35.5. The van der Waals surface area contributed by atoms with Gasteiger partial charge in [-0.2, -0.15) is 0 Å². The highest BCUT2D eigenvalue weighted by Crippen LogP contribution is 2.28. The van der Waals surface area contributed by atoms with Crippen LogP contribution in [0.3, 0.4) is 0 Å². The van der Waals surface area contributed by atoms with E-state index in [1.165, 1.54) is 6.08 Å². The van der Waals surface area contributed by atoms with E-state index in [0.29, 0.717) is 16.6 Å². The Kier molecular flexibility index (Phi) is 7.18. The number of benzene rings is 2. The molecule has 0 heterocycles. The first-order valence-corrected chi connectivity index (χ1v) is 9.06. The number of carbonyl (C=O) groups is 1. The highest BCUT2D eigenvalue weighted by molar-refractivity contribution is 7.80. The molecule has 3 N–H and O–H groups in total. The van der Waals surface area contributed by atoms with E-state index in [1.54, 1.807) is 36.4 Å². The number of phenols is 1. The lowest BCUT2D eigenvalue weighted by molar-refractivity contribution is -0.115. The van der Waals surface area contributed by atoms with Crippen LogP contribution in [-0.4, -0.2) is 16.1 Å². The standard InChI is InChI=1S/C20H21ClN2O2S/c1-3-13(2)15-7-10-18(24)17(12-15)22-20(26)23-19(25)11-6-14-4-8-16(21)9-5-14/h4-13,24H,3H2,1-2H3,(H2,22,23,25,26)/b11-6+. The summed E-state index contributed by atoms with van der Waals surface area (Å²) in [6.45, 7) is 4.21. The Balaban J connectivity index is 1.97. The number of hydrogen-bond acceptors (Lipinski definition) is 3. The van der Waals surface area contributed by atoms with E-state index in [-0.39, 0.29) is 16.8 Å². The summed E-state index contributed by atoms with van der Waals surface area (Å²) in [5.41, 5.74) is 2.40. The first-order valence-electron chi connectivity index (χ1n) is 8.27. The van der Waals surface area contributed by atoms with E-state index >= 15 is 0 Å². The molecule has 4 nitrogen and oxygen atoms in total. The van der Waals surface area contributed by atoms with Crippen molar-refractivity contribution >= 4 is 46.6 Å². The molecular weight excluding hydrogens is 368 g/mol. The quantitative estimate of drug-likeness (QED) is 0.379. The molecule has 0 aliphatic carbocycles. The third kappa shape index (κ3) is 5.86. The summed E-state index contributed by atoms with van der Waals surface area (Å²) >= 11 is 11.0. The second-order valence-electron chi connectivity index (χ2n) is 5.91. The maximum absolute atomic E-state index is 12.0. The largest absolute Gasteiger partial charge is 0.506 e. The molecule has 0 fully saturated rings. The zero-order valence-electron chi connectivity index (χ0n) is 14.6.